The summed E-state index contributed by atoms with van der Waals surface area (Å²) in [5, 5.41) is 2.82. The SMILES string of the molecule is [2H]c1c([2H])c([2H])c2c(-c3ccc(-c4ccc5c6c(cccc46)Oc4ccccc4-5)cc3)c3c([2H])c([2H])c([2H])c([2H])c3c(-c3ccccc3)c2c1[2H]. The van der Waals surface area contributed by atoms with Crippen molar-refractivity contribution in [3.63, 3.8) is 0 Å². The third-order valence-corrected chi connectivity index (χ3v) is 8.32. The molecular formula is C42H26O. The van der Waals surface area contributed by atoms with Crippen LogP contribution in [0, 0.1) is 0 Å². The molecule has 0 N–H and O–H groups in total. The first-order valence-corrected chi connectivity index (χ1v) is 14.1. The lowest BCUT2D eigenvalue weighted by Gasteiger charge is -2.22. The van der Waals surface area contributed by atoms with Crippen LogP contribution in [0.2, 0.25) is 0 Å². The van der Waals surface area contributed by atoms with Crippen molar-refractivity contribution in [1.82, 2.24) is 0 Å². The third kappa shape index (κ3) is 3.65. The molecular weight excluding hydrogens is 520 g/mol. The Labute approximate surface area is 261 Å². The third-order valence-electron chi connectivity index (χ3n) is 8.32. The lowest BCUT2D eigenvalue weighted by atomic mass is 9.85. The monoisotopic (exact) mass is 554 g/mol. The number of benzene rings is 8. The topological polar surface area (TPSA) is 9.23 Å². The molecule has 0 saturated carbocycles. The molecule has 1 heteroatoms. The van der Waals surface area contributed by atoms with Gasteiger partial charge in [0.1, 0.15) is 11.5 Å². The van der Waals surface area contributed by atoms with Crippen LogP contribution < -0.4 is 4.74 Å². The first kappa shape index (κ1) is 17.3. The molecule has 0 radical (unpaired) electrons. The molecule has 9 rings (SSSR count). The molecule has 1 heterocycles. The van der Waals surface area contributed by atoms with Crippen LogP contribution in [0.1, 0.15) is 11.0 Å². The van der Waals surface area contributed by atoms with Gasteiger partial charge in [-0.25, -0.2) is 0 Å². The summed E-state index contributed by atoms with van der Waals surface area (Å²) in [6.07, 6.45) is 0. The largest absolute Gasteiger partial charge is 0.456 e. The summed E-state index contributed by atoms with van der Waals surface area (Å²) in [6, 6.07) is 32.0. The van der Waals surface area contributed by atoms with Crippen LogP contribution in [-0.4, -0.2) is 0 Å². The molecule has 0 saturated heterocycles. The molecule has 0 spiro atoms. The van der Waals surface area contributed by atoms with E-state index < -0.39 is 24.2 Å². The number of rotatable bonds is 3. The highest BCUT2D eigenvalue weighted by Gasteiger charge is 2.21. The van der Waals surface area contributed by atoms with Gasteiger partial charge >= 0.3 is 0 Å². The van der Waals surface area contributed by atoms with Crippen molar-refractivity contribution in [3.8, 4) is 56.0 Å². The molecule has 0 aromatic heterocycles. The van der Waals surface area contributed by atoms with E-state index in [1.807, 2.05) is 60.7 Å². The summed E-state index contributed by atoms with van der Waals surface area (Å²) in [5.41, 5.74) is 5.79. The van der Waals surface area contributed by atoms with Crippen molar-refractivity contribution in [2.75, 3.05) is 0 Å². The van der Waals surface area contributed by atoms with Gasteiger partial charge < -0.3 is 4.74 Å². The van der Waals surface area contributed by atoms with Gasteiger partial charge in [-0.2, -0.15) is 0 Å². The number of para-hydroxylation sites is 1. The minimum absolute atomic E-state index is 0.197. The Hall–Kier alpha value is -5.66. The van der Waals surface area contributed by atoms with Crippen molar-refractivity contribution in [3.05, 3.63) is 158 Å². The zero-order valence-electron chi connectivity index (χ0n) is 30.8. The summed E-state index contributed by atoms with van der Waals surface area (Å²) in [7, 11) is 0. The van der Waals surface area contributed by atoms with Crippen LogP contribution in [0.5, 0.6) is 11.5 Å². The van der Waals surface area contributed by atoms with Gasteiger partial charge in [-0.15, -0.1) is 0 Å². The maximum absolute atomic E-state index is 9.16. The highest BCUT2D eigenvalue weighted by Crippen LogP contribution is 2.49. The molecule has 0 amide bonds. The Kier molecular flexibility index (Phi) is 3.80. The number of fused-ring (bicyclic) bond motifs is 4. The number of ether oxygens (including phenoxy) is 1. The smallest absolute Gasteiger partial charge is 0.135 e. The van der Waals surface area contributed by atoms with E-state index in [1.54, 1.807) is 24.3 Å². The summed E-state index contributed by atoms with van der Waals surface area (Å²) in [5.74, 6) is 1.59. The molecule has 0 unspecified atom stereocenters. The van der Waals surface area contributed by atoms with Gasteiger partial charge in [-0.1, -0.05) is 145 Å². The molecule has 1 nitrogen and oxygen atoms in total. The molecule has 1 aliphatic rings. The molecule has 43 heavy (non-hydrogen) atoms. The summed E-state index contributed by atoms with van der Waals surface area (Å²) in [6.45, 7) is 0. The van der Waals surface area contributed by atoms with Gasteiger partial charge in [0.05, 0.1) is 11.0 Å². The molecule has 0 atom stereocenters. The number of hydrogen-bond acceptors (Lipinski definition) is 1. The van der Waals surface area contributed by atoms with Gasteiger partial charge in [0, 0.05) is 10.9 Å². The lowest BCUT2D eigenvalue weighted by molar-refractivity contribution is 0.487. The second-order valence-electron chi connectivity index (χ2n) is 10.6. The molecule has 1 aliphatic heterocycles. The standard InChI is InChI=1S/C42H26O/c1-2-11-28(12-3-1)40-33-14-4-6-16-35(33)41(36-17-7-5-15-34(36)40)29-23-21-27(22-24-29)30-25-26-37-31-13-8-9-19-38(31)43-39-20-10-18-32(30)42(37)39/h1-26H/i4D,5D,6D,7D,14D,15D,16D,17D. The fourth-order valence-electron chi connectivity index (χ4n) is 6.45. The molecule has 0 bridgehead atoms. The maximum atomic E-state index is 9.16. The minimum Gasteiger partial charge on any atom is -0.456 e. The van der Waals surface area contributed by atoms with E-state index in [1.165, 1.54) is 0 Å². The van der Waals surface area contributed by atoms with Gasteiger partial charge in [0.25, 0.3) is 0 Å². The van der Waals surface area contributed by atoms with E-state index in [2.05, 4.69) is 24.3 Å². The zero-order chi connectivity index (χ0) is 35.3. The summed E-state index contributed by atoms with van der Waals surface area (Å²) >= 11 is 0. The Morgan fingerprint density at radius 2 is 0.907 bits per heavy atom. The Bertz CT molecular complexity index is 2710. The minimum atomic E-state index is -0.419. The molecule has 8 aromatic rings. The van der Waals surface area contributed by atoms with Crippen molar-refractivity contribution < 1.29 is 15.7 Å². The van der Waals surface area contributed by atoms with E-state index in [4.69, 9.17) is 15.7 Å². The Morgan fingerprint density at radius 1 is 0.372 bits per heavy atom. The van der Waals surface area contributed by atoms with Crippen LogP contribution in [0.15, 0.2) is 158 Å². The molecule has 0 fully saturated rings. The van der Waals surface area contributed by atoms with E-state index in [9.17, 15) is 0 Å². The molecule has 0 aliphatic carbocycles. The van der Waals surface area contributed by atoms with Crippen LogP contribution in [0.3, 0.4) is 0 Å². The lowest BCUT2D eigenvalue weighted by Crippen LogP contribution is -1.97. The van der Waals surface area contributed by atoms with Crippen molar-refractivity contribution in [1.29, 1.82) is 0 Å². The first-order chi connectivity index (χ1) is 24.7. The van der Waals surface area contributed by atoms with Gasteiger partial charge in [0.15, 0.2) is 0 Å². The van der Waals surface area contributed by atoms with Gasteiger partial charge in [0.2, 0.25) is 0 Å². The van der Waals surface area contributed by atoms with Gasteiger partial charge in [-0.05, 0) is 78.0 Å². The maximum Gasteiger partial charge on any atom is 0.135 e. The predicted molar refractivity (Wildman–Crippen MR) is 181 cm³/mol. The van der Waals surface area contributed by atoms with E-state index in [-0.39, 0.29) is 45.7 Å². The fourth-order valence-corrected chi connectivity index (χ4v) is 6.45. The second kappa shape index (κ2) is 9.44. The zero-order valence-corrected chi connectivity index (χ0v) is 22.8. The van der Waals surface area contributed by atoms with Crippen molar-refractivity contribution >= 4 is 32.3 Å². The fraction of sp³-hybridized carbons (Fsp3) is 0. The first-order valence-electron chi connectivity index (χ1n) is 18.1. The quantitative estimate of drug-likeness (QED) is 0.197. The van der Waals surface area contributed by atoms with Crippen molar-refractivity contribution in [2.45, 2.75) is 0 Å². The van der Waals surface area contributed by atoms with Crippen LogP contribution >= 0.6 is 0 Å². The van der Waals surface area contributed by atoms with E-state index >= 15 is 0 Å². The van der Waals surface area contributed by atoms with E-state index in [0.29, 0.717) is 22.3 Å². The average Bonchev–Trinajstić information content (AvgIpc) is 3.17. The second-order valence-corrected chi connectivity index (χ2v) is 10.6. The summed E-state index contributed by atoms with van der Waals surface area (Å²) < 4.78 is 77.3. The number of hydrogen-bond donors (Lipinski definition) is 0. The van der Waals surface area contributed by atoms with Crippen LogP contribution in [0.4, 0.5) is 0 Å². The average molecular weight is 555 g/mol. The Balaban J connectivity index is 1.35. The predicted octanol–water partition coefficient (Wildman–Crippen LogP) is 11.9. The van der Waals surface area contributed by atoms with Crippen molar-refractivity contribution in [2.24, 2.45) is 0 Å². The highest BCUT2D eigenvalue weighted by atomic mass is 16.5. The highest BCUT2D eigenvalue weighted by molar-refractivity contribution is 6.21. The van der Waals surface area contributed by atoms with Gasteiger partial charge in [-0.3, -0.25) is 0 Å². The van der Waals surface area contributed by atoms with E-state index in [0.717, 1.165) is 44.5 Å². The summed E-state index contributed by atoms with van der Waals surface area (Å²) in [4.78, 5) is 0. The molecule has 200 valence electrons. The van der Waals surface area contributed by atoms with Crippen LogP contribution in [0.25, 0.3) is 76.8 Å². The normalized spacial score (nSPS) is 14.5. The Morgan fingerprint density at radius 3 is 1.58 bits per heavy atom. The molecule has 8 aromatic carbocycles. The van der Waals surface area contributed by atoms with Crippen LogP contribution in [-0.2, 0) is 0 Å².